The summed E-state index contributed by atoms with van der Waals surface area (Å²) in [5.41, 5.74) is 1.02. The Labute approximate surface area is 136 Å². The first-order valence-electron chi connectivity index (χ1n) is 8.25. The first kappa shape index (κ1) is 15.5. The number of amides is 2. The third-order valence-electron chi connectivity index (χ3n) is 4.15. The molecular weight excluding hydrogens is 290 g/mol. The molecule has 1 aliphatic heterocycles. The number of aromatic amines is 1. The van der Waals surface area contributed by atoms with E-state index in [1.165, 1.54) is 0 Å². The molecule has 1 aromatic carbocycles. The predicted octanol–water partition coefficient (Wildman–Crippen LogP) is 2.46. The van der Waals surface area contributed by atoms with Crippen molar-refractivity contribution in [3.63, 3.8) is 0 Å². The maximum Gasteiger partial charge on any atom is 0.317 e. The number of hydrogen-bond donors (Lipinski definition) is 2. The predicted molar refractivity (Wildman–Crippen MR) is 88.9 cm³/mol. The normalized spacial score (nSPS) is 17.4. The molecule has 122 valence electrons. The summed E-state index contributed by atoms with van der Waals surface area (Å²) in [6, 6.07) is 10.00. The van der Waals surface area contributed by atoms with Crippen LogP contribution in [-0.2, 0) is 6.42 Å². The molecule has 3 rings (SSSR count). The molecule has 2 amide bonds. The fraction of sp³-hybridized carbons (Fsp3) is 0.471. The average Bonchev–Trinajstić information content (AvgIpc) is 3.23. The lowest BCUT2D eigenvalue weighted by atomic mass is 10.1. The van der Waals surface area contributed by atoms with Crippen LogP contribution in [0.4, 0.5) is 4.79 Å². The van der Waals surface area contributed by atoms with Gasteiger partial charge in [0.1, 0.15) is 5.82 Å². The molecule has 1 fully saturated rings. The molecule has 1 unspecified atom stereocenters. The van der Waals surface area contributed by atoms with E-state index < -0.39 is 0 Å². The van der Waals surface area contributed by atoms with Crippen molar-refractivity contribution in [1.29, 1.82) is 0 Å². The molecule has 6 nitrogen and oxygen atoms in total. The average molecular weight is 313 g/mol. The zero-order valence-corrected chi connectivity index (χ0v) is 13.5. The number of urea groups is 1. The first-order valence-corrected chi connectivity index (χ1v) is 8.25. The van der Waals surface area contributed by atoms with Gasteiger partial charge in [-0.25, -0.2) is 9.78 Å². The Kier molecular flexibility index (Phi) is 4.90. The van der Waals surface area contributed by atoms with Crippen molar-refractivity contribution in [3.8, 4) is 11.4 Å². The van der Waals surface area contributed by atoms with Gasteiger partial charge in [0.25, 0.3) is 0 Å². The van der Waals surface area contributed by atoms with E-state index in [4.69, 9.17) is 0 Å². The van der Waals surface area contributed by atoms with Crippen molar-refractivity contribution in [3.05, 3.63) is 36.2 Å². The van der Waals surface area contributed by atoms with E-state index >= 15 is 0 Å². The summed E-state index contributed by atoms with van der Waals surface area (Å²) in [6.45, 7) is 4.40. The van der Waals surface area contributed by atoms with Crippen molar-refractivity contribution in [1.82, 2.24) is 25.4 Å². The van der Waals surface area contributed by atoms with Gasteiger partial charge in [0.05, 0.1) is 0 Å². The maximum atomic E-state index is 12.0. The molecule has 1 aliphatic rings. The van der Waals surface area contributed by atoms with Gasteiger partial charge in [-0.2, -0.15) is 5.10 Å². The summed E-state index contributed by atoms with van der Waals surface area (Å²) >= 11 is 0. The smallest absolute Gasteiger partial charge is 0.317 e. The molecule has 1 atom stereocenters. The summed E-state index contributed by atoms with van der Waals surface area (Å²) in [5, 5.41) is 10.3. The van der Waals surface area contributed by atoms with Gasteiger partial charge in [0, 0.05) is 31.6 Å². The SMILES string of the molecule is CCCNC(=O)N1CCC(Cc2nc(-c3ccccc3)n[nH]2)C1. The van der Waals surface area contributed by atoms with Crippen LogP contribution in [0.3, 0.4) is 0 Å². The lowest BCUT2D eigenvalue weighted by molar-refractivity contribution is 0.207. The zero-order valence-electron chi connectivity index (χ0n) is 13.5. The Morgan fingerprint density at radius 2 is 2.22 bits per heavy atom. The Bertz CT molecular complexity index is 639. The molecule has 0 radical (unpaired) electrons. The Morgan fingerprint density at radius 3 is 3.00 bits per heavy atom. The van der Waals surface area contributed by atoms with Crippen LogP contribution in [0.25, 0.3) is 11.4 Å². The van der Waals surface area contributed by atoms with Gasteiger partial charge < -0.3 is 10.2 Å². The Balaban J connectivity index is 1.55. The second-order valence-corrected chi connectivity index (χ2v) is 6.01. The molecule has 0 spiro atoms. The highest BCUT2D eigenvalue weighted by atomic mass is 16.2. The molecular formula is C17H23N5O. The number of aromatic nitrogens is 3. The number of nitrogens with zero attached hydrogens (tertiary/aromatic N) is 3. The molecule has 1 saturated heterocycles. The van der Waals surface area contributed by atoms with Gasteiger partial charge >= 0.3 is 6.03 Å². The number of carbonyl (C=O) groups is 1. The van der Waals surface area contributed by atoms with Crippen molar-refractivity contribution in [2.24, 2.45) is 5.92 Å². The molecule has 2 aromatic rings. The molecule has 6 heteroatoms. The van der Waals surface area contributed by atoms with Crippen molar-refractivity contribution < 1.29 is 4.79 Å². The highest BCUT2D eigenvalue weighted by Gasteiger charge is 2.26. The summed E-state index contributed by atoms with van der Waals surface area (Å²) in [6.07, 6.45) is 2.81. The summed E-state index contributed by atoms with van der Waals surface area (Å²) in [4.78, 5) is 18.4. The van der Waals surface area contributed by atoms with Crippen LogP contribution in [0.2, 0.25) is 0 Å². The van der Waals surface area contributed by atoms with Gasteiger partial charge in [-0.15, -0.1) is 0 Å². The second-order valence-electron chi connectivity index (χ2n) is 6.01. The highest BCUT2D eigenvalue weighted by Crippen LogP contribution is 2.21. The monoisotopic (exact) mass is 313 g/mol. The van der Waals surface area contributed by atoms with E-state index in [2.05, 4.69) is 27.4 Å². The Hall–Kier alpha value is -2.37. The van der Waals surface area contributed by atoms with Crippen LogP contribution in [0.15, 0.2) is 30.3 Å². The van der Waals surface area contributed by atoms with E-state index in [1.807, 2.05) is 35.2 Å². The molecule has 0 bridgehead atoms. The first-order chi connectivity index (χ1) is 11.3. The number of benzene rings is 1. The van der Waals surface area contributed by atoms with Crippen molar-refractivity contribution >= 4 is 6.03 Å². The van der Waals surface area contributed by atoms with E-state index in [0.29, 0.717) is 5.92 Å². The minimum Gasteiger partial charge on any atom is -0.338 e. The van der Waals surface area contributed by atoms with E-state index in [0.717, 1.165) is 56.1 Å². The summed E-state index contributed by atoms with van der Waals surface area (Å²) in [7, 11) is 0. The fourth-order valence-electron chi connectivity index (χ4n) is 2.90. The maximum absolute atomic E-state index is 12.0. The quantitative estimate of drug-likeness (QED) is 0.890. The standard InChI is InChI=1S/C17H23N5O/c1-2-9-18-17(23)22-10-8-13(12-22)11-15-19-16(21-20-15)14-6-4-3-5-7-14/h3-7,13H,2,8-12H2,1H3,(H,18,23)(H,19,20,21). The highest BCUT2D eigenvalue weighted by molar-refractivity contribution is 5.74. The van der Waals surface area contributed by atoms with Gasteiger partial charge in [-0.05, 0) is 18.8 Å². The Morgan fingerprint density at radius 1 is 1.39 bits per heavy atom. The number of rotatable bonds is 5. The number of nitrogens with one attached hydrogen (secondary N) is 2. The minimum absolute atomic E-state index is 0.0527. The number of hydrogen-bond acceptors (Lipinski definition) is 3. The van der Waals surface area contributed by atoms with E-state index in [-0.39, 0.29) is 6.03 Å². The lowest BCUT2D eigenvalue weighted by Gasteiger charge is -2.16. The summed E-state index contributed by atoms with van der Waals surface area (Å²) < 4.78 is 0. The van der Waals surface area contributed by atoms with Crippen LogP contribution < -0.4 is 5.32 Å². The largest absolute Gasteiger partial charge is 0.338 e. The molecule has 0 saturated carbocycles. The lowest BCUT2D eigenvalue weighted by Crippen LogP contribution is -2.38. The molecule has 1 aromatic heterocycles. The van der Waals surface area contributed by atoms with Gasteiger partial charge in [-0.1, -0.05) is 37.3 Å². The topological polar surface area (TPSA) is 73.9 Å². The van der Waals surface area contributed by atoms with Crippen LogP contribution in [0.1, 0.15) is 25.6 Å². The van der Waals surface area contributed by atoms with Crippen LogP contribution >= 0.6 is 0 Å². The third-order valence-corrected chi connectivity index (χ3v) is 4.15. The van der Waals surface area contributed by atoms with Crippen molar-refractivity contribution in [2.45, 2.75) is 26.2 Å². The van der Waals surface area contributed by atoms with Gasteiger partial charge in [0.15, 0.2) is 5.82 Å². The van der Waals surface area contributed by atoms with Crippen LogP contribution in [0, 0.1) is 5.92 Å². The van der Waals surface area contributed by atoms with E-state index in [9.17, 15) is 4.79 Å². The van der Waals surface area contributed by atoms with E-state index in [1.54, 1.807) is 0 Å². The van der Waals surface area contributed by atoms with Crippen LogP contribution in [0.5, 0.6) is 0 Å². The molecule has 0 aliphatic carbocycles. The molecule has 23 heavy (non-hydrogen) atoms. The zero-order chi connectivity index (χ0) is 16.1. The number of carbonyl (C=O) groups excluding carboxylic acids is 1. The number of likely N-dealkylation sites (tertiary alicyclic amines) is 1. The molecule has 2 N–H and O–H groups in total. The van der Waals surface area contributed by atoms with Gasteiger partial charge in [-0.3, -0.25) is 5.10 Å². The summed E-state index contributed by atoms with van der Waals surface area (Å²) in [5.74, 6) is 2.07. The second kappa shape index (κ2) is 7.26. The minimum atomic E-state index is 0.0527. The molecule has 2 heterocycles. The third kappa shape index (κ3) is 3.88. The van der Waals surface area contributed by atoms with Crippen molar-refractivity contribution in [2.75, 3.05) is 19.6 Å². The van der Waals surface area contributed by atoms with Crippen LogP contribution in [-0.4, -0.2) is 45.7 Å². The fourth-order valence-corrected chi connectivity index (χ4v) is 2.90. The number of H-pyrrole nitrogens is 1. The van der Waals surface area contributed by atoms with Gasteiger partial charge in [0.2, 0.25) is 0 Å².